The summed E-state index contributed by atoms with van der Waals surface area (Å²) >= 11 is 0. The van der Waals surface area contributed by atoms with Crippen molar-refractivity contribution in [1.29, 1.82) is 0 Å². The molecule has 1 saturated heterocycles. The Balaban J connectivity index is 2.13. The molecule has 1 fully saturated rings. The summed E-state index contributed by atoms with van der Waals surface area (Å²) in [5.74, 6) is 1.26. The summed E-state index contributed by atoms with van der Waals surface area (Å²) in [6.45, 7) is 2.39. The minimum Gasteiger partial charge on any atom is -0.357 e. The number of hydrogen-bond acceptors (Lipinski definition) is 2. The molecule has 0 radical (unpaired) electrons. The SMILES string of the molecule is Cn1nccc1N1CCCCC1. The van der Waals surface area contributed by atoms with Gasteiger partial charge in [0, 0.05) is 26.2 Å². The zero-order chi connectivity index (χ0) is 8.39. The van der Waals surface area contributed by atoms with Crippen LogP contribution < -0.4 is 4.90 Å². The fourth-order valence-electron chi connectivity index (χ4n) is 1.80. The summed E-state index contributed by atoms with van der Waals surface area (Å²) in [6.07, 6.45) is 5.90. The lowest BCUT2D eigenvalue weighted by atomic mass is 10.1. The second-order valence-corrected chi connectivity index (χ2v) is 3.36. The Morgan fingerprint density at radius 2 is 2.00 bits per heavy atom. The van der Waals surface area contributed by atoms with E-state index in [0.717, 1.165) is 0 Å². The van der Waals surface area contributed by atoms with E-state index in [1.54, 1.807) is 0 Å². The largest absolute Gasteiger partial charge is 0.357 e. The van der Waals surface area contributed by atoms with Crippen LogP contribution in [0.3, 0.4) is 0 Å². The van der Waals surface area contributed by atoms with E-state index in [2.05, 4.69) is 16.1 Å². The highest BCUT2D eigenvalue weighted by atomic mass is 15.4. The Morgan fingerprint density at radius 1 is 1.25 bits per heavy atom. The third-order valence-corrected chi connectivity index (χ3v) is 2.48. The maximum atomic E-state index is 4.17. The number of aromatic nitrogens is 2. The van der Waals surface area contributed by atoms with Crippen LogP contribution in [-0.2, 0) is 7.05 Å². The van der Waals surface area contributed by atoms with Gasteiger partial charge in [-0.05, 0) is 19.3 Å². The summed E-state index contributed by atoms with van der Waals surface area (Å²) < 4.78 is 1.95. The predicted octanol–water partition coefficient (Wildman–Crippen LogP) is 1.41. The van der Waals surface area contributed by atoms with Crippen molar-refractivity contribution in [2.24, 2.45) is 7.05 Å². The molecule has 1 aliphatic heterocycles. The van der Waals surface area contributed by atoms with Crippen LogP contribution in [0.25, 0.3) is 0 Å². The lowest BCUT2D eigenvalue weighted by Gasteiger charge is -2.28. The van der Waals surface area contributed by atoms with E-state index in [1.807, 2.05) is 17.9 Å². The van der Waals surface area contributed by atoms with Crippen LogP contribution in [0.2, 0.25) is 0 Å². The Morgan fingerprint density at radius 3 is 2.58 bits per heavy atom. The predicted molar refractivity (Wildman–Crippen MR) is 49.3 cm³/mol. The molecule has 1 aromatic rings. The van der Waals surface area contributed by atoms with Gasteiger partial charge in [-0.15, -0.1) is 0 Å². The van der Waals surface area contributed by atoms with Gasteiger partial charge in [-0.2, -0.15) is 5.10 Å². The van der Waals surface area contributed by atoms with Gasteiger partial charge in [-0.1, -0.05) is 0 Å². The molecule has 0 saturated carbocycles. The van der Waals surface area contributed by atoms with Gasteiger partial charge < -0.3 is 4.90 Å². The van der Waals surface area contributed by atoms with Gasteiger partial charge in [0.15, 0.2) is 0 Å². The number of aryl methyl sites for hydroxylation is 1. The lowest BCUT2D eigenvalue weighted by molar-refractivity contribution is 0.561. The van der Waals surface area contributed by atoms with Crippen LogP contribution in [-0.4, -0.2) is 22.9 Å². The Labute approximate surface area is 73.0 Å². The van der Waals surface area contributed by atoms with Gasteiger partial charge >= 0.3 is 0 Å². The van der Waals surface area contributed by atoms with Crippen LogP contribution in [0.4, 0.5) is 5.82 Å². The van der Waals surface area contributed by atoms with E-state index in [0.29, 0.717) is 0 Å². The zero-order valence-corrected chi connectivity index (χ0v) is 7.53. The average molecular weight is 165 g/mol. The van der Waals surface area contributed by atoms with Gasteiger partial charge in [0.2, 0.25) is 0 Å². The Bertz CT molecular complexity index is 248. The van der Waals surface area contributed by atoms with Crippen molar-refractivity contribution in [2.75, 3.05) is 18.0 Å². The fourth-order valence-corrected chi connectivity index (χ4v) is 1.80. The van der Waals surface area contributed by atoms with Crippen LogP contribution in [0.1, 0.15) is 19.3 Å². The van der Waals surface area contributed by atoms with E-state index in [1.165, 1.54) is 38.2 Å². The number of anilines is 1. The van der Waals surface area contributed by atoms with E-state index in [-0.39, 0.29) is 0 Å². The monoisotopic (exact) mass is 165 g/mol. The van der Waals surface area contributed by atoms with Crippen molar-refractivity contribution in [3.63, 3.8) is 0 Å². The number of nitrogens with zero attached hydrogens (tertiary/aromatic N) is 3. The van der Waals surface area contributed by atoms with Crippen molar-refractivity contribution in [3.05, 3.63) is 12.3 Å². The number of rotatable bonds is 1. The standard InChI is InChI=1S/C9H15N3/c1-11-9(5-6-10-11)12-7-3-2-4-8-12/h5-6H,2-4,7-8H2,1H3. The first kappa shape index (κ1) is 7.65. The number of hydrogen-bond donors (Lipinski definition) is 0. The van der Waals surface area contributed by atoms with Crippen molar-refractivity contribution in [2.45, 2.75) is 19.3 Å². The average Bonchev–Trinajstić information content (AvgIpc) is 2.53. The summed E-state index contributed by atoms with van der Waals surface area (Å²) in [5.41, 5.74) is 0. The Kier molecular flexibility index (Phi) is 2.02. The van der Waals surface area contributed by atoms with Gasteiger partial charge in [0.05, 0.1) is 6.20 Å². The first-order valence-electron chi connectivity index (χ1n) is 4.61. The lowest BCUT2D eigenvalue weighted by Crippen LogP contribution is -2.30. The minimum absolute atomic E-state index is 1.19. The molecule has 0 aliphatic carbocycles. The van der Waals surface area contributed by atoms with Gasteiger partial charge in [-0.3, -0.25) is 4.68 Å². The van der Waals surface area contributed by atoms with Gasteiger partial charge in [0.1, 0.15) is 5.82 Å². The second kappa shape index (κ2) is 3.17. The molecule has 66 valence electrons. The summed E-state index contributed by atoms with van der Waals surface area (Å²) in [5, 5.41) is 4.17. The maximum Gasteiger partial charge on any atom is 0.126 e. The molecule has 3 nitrogen and oxygen atoms in total. The molecule has 1 aliphatic rings. The minimum atomic E-state index is 1.19. The molecule has 0 unspecified atom stereocenters. The van der Waals surface area contributed by atoms with Crippen LogP contribution in [0, 0.1) is 0 Å². The molecule has 0 N–H and O–H groups in total. The molecular weight excluding hydrogens is 150 g/mol. The highest BCUT2D eigenvalue weighted by molar-refractivity contribution is 5.38. The van der Waals surface area contributed by atoms with Crippen LogP contribution in [0.5, 0.6) is 0 Å². The highest BCUT2D eigenvalue weighted by Crippen LogP contribution is 2.17. The van der Waals surface area contributed by atoms with Gasteiger partial charge in [0.25, 0.3) is 0 Å². The summed E-state index contributed by atoms with van der Waals surface area (Å²) in [6, 6.07) is 2.09. The van der Waals surface area contributed by atoms with E-state index in [9.17, 15) is 0 Å². The molecule has 0 amide bonds. The van der Waals surface area contributed by atoms with Gasteiger partial charge in [-0.25, -0.2) is 0 Å². The van der Waals surface area contributed by atoms with E-state index in [4.69, 9.17) is 0 Å². The quantitative estimate of drug-likeness (QED) is 0.627. The molecular formula is C9H15N3. The normalized spacial score (nSPS) is 18.2. The number of piperidine rings is 1. The maximum absolute atomic E-state index is 4.17. The molecule has 2 heterocycles. The highest BCUT2D eigenvalue weighted by Gasteiger charge is 2.12. The fraction of sp³-hybridized carbons (Fsp3) is 0.667. The second-order valence-electron chi connectivity index (χ2n) is 3.36. The van der Waals surface area contributed by atoms with E-state index < -0.39 is 0 Å². The topological polar surface area (TPSA) is 21.1 Å². The first-order chi connectivity index (χ1) is 5.88. The molecule has 0 aromatic carbocycles. The van der Waals surface area contributed by atoms with E-state index >= 15 is 0 Å². The zero-order valence-electron chi connectivity index (χ0n) is 7.53. The molecule has 1 aromatic heterocycles. The van der Waals surface area contributed by atoms with Crippen LogP contribution >= 0.6 is 0 Å². The third kappa shape index (κ3) is 1.31. The summed E-state index contributed by atoms with van der Waals surface area (Å²) in [4.78, 5) is 2.41. The van der Waals surface area contributed by atoms with Crippen molar-refractivity contribution in [3.8, 4) is 0 Å². The van der Waals surface area contributed by atoms with Crippen molar-refractivity contribution in [1.82, 2.24) is 9.78 Å². The molecule has 0 atom stereocenters. The Hall–Kier alpha value is -0.990. The molecule has 12 heavy (non-hydrogen) atoms. The van der Waals surface area contributed by atoms with Crippen LogP contribution in [0.15, 0.2) is 12.3 Å². The smallest absolute Gasteiger partial charge is 0.126 e. The first-order valence-corrected chi connectivity index (χ1v) is 4.61. The molecule has 0 spiro atoms. The third-order valence-electron chi connectivity index (χ3n) is 2.48. The van der Waals surface area contributed by atoms with Crippen molar-refractivity contribution >= 4 is 5.82 Å². The molecule has 0 bridgehead atoms. The molecule has 2 rings (SSSR count). The molecule has 3 heteroatoms. The summed E-state index contributed by atoms with van der Waals surface area (Å²) in [7, 11) is 2.00. The van der Waals surface area contributed by atoms with Crippen molar-refractivity contribution < 1.29 is 0 Å².